The van der Waals surface area contributed by atoms with E-state index < -0.39 is 24.0 Å². The number of hydrazine groups is 1. The zero-order valence-corrected chi connectivity index (χ0v) is 17.7. The first-order chi connectivity index (χ1) is 15.2. The van der Waals surface area contributed by atoms with E-state index in [1.54, 1.807) is 19.2 Å². The molecule has 0 aromatic heterocycles. The first kappa shape index (κ1) is 23.8. The summed E-state index contributed by atoms with van der Waals surface area (Å²) >= 11 is 0. The summed E-state index contributed by atoms with van der Waals surface area (Å²) < 4.78 is 38.1. The van der Waals surface area contributed by atoms with E-state index >= 15 is 0 Å². The monoisotopic (exact) mass is 448 g/mol. The van der Waals surface area contributed by atoms with Gasteiger partial charge in [-0.1, -0.05) is 42.5 Å². The zero-order chi connectivity index (χ0) is 23.1. The van der Waals surface area contributed by atoms with Crippen molar-refractivity contribution in [2.24, 2.45) is 0 Å². The Hall–Kier alpha value is -2.88. The highest BCUT2D eigenvalue weighted by Gasteiger charge is 2.37. The molecular weight excluding hydrogens is 421 g/mol. The average Bonchev–Trinajstić information content (AvgIpc) is 3.26. The van der Waals surface area contributed by atoms with Crippen LogP contribution in [0.5, 0.6) is 0 Å². The molecule has 0 saturated carbocycles. The second kappa shape index (κ2) is 10.6. The van der Waals surface area contributed by atoms with E-state index in [0.717, 1.165) is 23.6 Å². The van der Waals surface area contributed by atoms with E-state index in [2.05, 4.69) is 16.2 Å². The summed E-state index contributed by atoms with van der Waals surface area (Å²) in [4.78, 5) is 14.0. The topological polar surface area (TPSA) is 76.6 Å². The van der Waals surface area contributed by atoms with Crippen molar-refractivity contribution in [3.63, 3.8) is 0 Å². The molecule has 1 aliphatic rings. The van der Waals surface area contributed by atoms with Gasteiger partial charge >= 0.3 is 6.18 Å². The van der Waals surface area contributed by atoms with Crippen LogP contribution in [0.1, 0.15) is 27.6 Å². The number of nitrogens with zero attached hydrogens (tertiary/aromatic N) is 1. The molecule has 32 heavy (non-hydrogen) atoms. The molecule has 0 fully saturated rings. The van der Waals surface area contributed by atoms with Crippen LogP contribution in [0.4, 0.5) is 13.2 Å². The van der Waals surface area contributed by atoms with Gasteiger partial charge in [0.2, 0.25) is 0 Å². The Morgan fingerprint density at radius 3 is 2.47 bits per heavy atom. The Morgan fingerprint density at radius 2 is 1.84 bits per heavy atom. The lowest BCUT2D eigenvalue weighted by Gasteiger charge is -2.20. The number of halogens is 3. The highest BCUT2D eigenvalue weighted by atomic mass is 19.4. The van der Waals surface area contributed by atoms with Crippen LogP contribution in [-0.2, 0) is 6.42 Å². The number of allylic oxidation sites excluding steroid dienone is 1. The van der Waals surface area contributed by atoms with Crippen LogP contribution in [0, 0.1) is 0 Å². The van der Waals surface area contributed by atoms with Crippen LogP contribution in [0.2, 0.25) is 0 Å². The van der Waals surface area contributed by atoms with E-state index in [4.69, 9.17) is 0 Å². The molecule has 172 valence electrons. The fraction of sp³-hybridized carbons (Fsp3) is 0.348. The lowest BCUT2D eigenvalue weighted by Crippen LogP contribution is -2.42. The fourth-order valence-corrected chi connectivity index (χ4v) is 3.40. The molecule has 4 N–H and O–H groups in total. The number of rotatable bonds is 9. The van der Waals surface area contributed by atoms with E-state index in [1.807, 2.05) is 42.5 Å². The molecule has 1 aliphatic heterocycles. The molecule has 1 heterocycles. The van der Waals surface area contributed by atoms with Gasteiger partial charge in [-0.3, -0.25) is 4.79 Å². The van der Waals surface area contributed by atoms with Gasteiger partial charge in [0.15, 0.2) is 0 Å². The number of carbonyl (C=O) groups excluding carboxylic acids is 1. The standard InChI is InChI=1S/C23H27F3N4O2/c1-30(15-19-13-21(29-28-19)23(24,25)26)22(32)18-9-7-16(8-10-18)11-12-27-14-20(31)17-5-3-2-4-6-17/h2-10,13,19-20,27-29,31H,11-12,14-15H2,1H3. The van der Waals surface area contributed by atoms with Gasteiger partial charge in [0, 0.05) is 25.7 Å². The van der Waals surface area contributed by atoms with Gasteiger partial charge in [-0.15, -0.1) is 0 Å². The lowest BCUT2D eigenvalue weighted by molar-refractivity contribution is -0.0965. The van der Waals surface area contributed by atoms with Gasteiger partial charge in [-0.2, -0.15) is 13.2 Å². The van der Waals surface area contributed by atoms with Crippen LogP contribution < -0.4 is 16.2 Å². The maximum atomic E-state index is 12.7. The van der Waals surface area contributed by atoms with Crippen LogP contribution in [0.3, 0.4) is 0 Å². The summed E-state index contributed by atoms with van der Waals surface area (Å²) in [6.07, 6.45) is -3.25. The Labute approximate surface area is 185 Å². The third-order valence-electron chi connectivity index (χ3n) is 5.20. The Balaban J connectivity index is 1.43. The predicted octanol–water partition coefficient (Wildman–Crippen LogP) is 2.55. The van der Waals surface area contributed by atoms with E-state index in [-0.39, 0.29) is 12.5 Å². The van der Waals surface area contributed by atoms with Crippen molar-refractivity contribution in [2.45, 2.75) is 24.7 Å². The zero-order valence-electron chi connectivity index (χ0n) is 17.7. The molecule has 0 bridgehead atoms. The molecule has 1 amide bonds. The summed E-state index contributed by atoms with van der Waals surface area (Å²) in [5.74, 6) is -0.267. The number of likely N-dealkylation sites (N-methyl/N-ethyl adjacent to an activating group) is 1. The molecule has 0 saturated heterocycles. The molecule has 2 aromatic rings. The van der Waals surface area contributed by atoms with Crippen molar-refractivity contribution < 1.29 is 23.1 Å². The largest absolute Gasteiger partial charge is 0.431 e. The minimum atomic E-state index is -4.45. The number of benzene rings is 2. The van der Waals surface area contributed by atoms with E-state index in [9.17, 15) is 23.1 Å². The quantitative estimate of drug-likeness (QED) is 0.444. The third kappa shape index (κ3) is 6.56. The summed E-state index contributed by atoms with van der Waals surface area (Å²) in [7, 11) is 1.55. The molecule has 3 rings (SSSR count). The second-order valence-electron chi connectivity index (χ2n) is 7.72. The van der Waals surface area contributed by atoms with Crippen molar-refractivity contribution in [3.05, 3.63) is 83.1 Å². The first-order valence-corrected chi connectivity index (χ1v) is 10.3. The SMILES string of the molecule is CN(CC1C=C(C(F)(F)F)NN1)C(=O)c1ccc(CCNCC(O)c2ccccc2)cc1. The number of aliphatic hydroxyl groups is 1. The summed E-state index contributed by atoms with van der Waals surface area (Å²) in [5.41, 5.74) is 6.14. The first-order valence-electron chi connectivity index (χ1n) is 10.3. The molecule has 0 aliphatic carbocycles. The number of amides is 1. The van der Waals surface area contributed by atoms with Crippen molar-refractivity contribution in [3.8, 4) is 0 Å². The lowest BCUT2D eigenvalue weighted by atomic mass is 10.1. The number of nitrogens with one attached hydrogen (secondary N) is 3. The molecule has 0 spiro atoms. The van der Waals surface area contributed by atoms with Crippen molar-refractivity contribution >= 4 is 5.91 Å². The maximum absolute atomic E-state index is 12.7. The maximum Gasteiger partial charge on any atom is 0.431 e. The number of carbonyl (C=O) groups is 1. The number of hydrogen-bond acceptors (Lipinski definition) is 5. The van der Waals surface area contributed by atoms with Crippen molar-refractivity contribution in [1.82, 2.24) is 21.1 Å². The van der Waals surface area contributed by atoms with Gasteiger partial charge in [0.1, 0.15) is 5.70 Å². The highest BCUT2D eigenvalue weighted by Crippen LogP contribution is 2.25. The third-order valence-corrected chi connectivity index (χ3v) is 5.20. The average molecular weight is 448 g/mol. The molecule has 2 unspecified atom stereocenters. The van der Waals surface area contributed by atoms with Crippen molar-refractivity contribution in [1.29, 1.82) is 0 Å². The molecule has 2 atom stereocenters. The fourth-order valence-electron chi connectivity index (χ4n) is 3.40. The van der Waals surface area contributed by atoms with Crippen LogP contribution in [0.25, 0.3) is 0 Å². The van der Waals surface area contributed by atoms with Crippen LogP contribution >= 0.6 is 0 Å². The molecule has 0 radical (unpaired) electrons. The minimum absolute atomic E-state index is 0.0980. The van der Waals surface area contributed by atoms with Crippen molar-refractivity contribution in [2.75, 3.05) is 26.7 Å². The molecule has 2 aromatic carbocycles. The van der Waals surface area contributed by atoms with Crippen LogP contribution in [0.15, 0.2) is 66.4 Å². The normalized spacial score (nSPS) is 16.9. The number of hydrogen-bond donors (Lipinski definition) is 4. The Kier molecular flexibility index (Phi) is 7.89. The van der Waals surface area contributed by atoms with Gasteiger partial charge < -0.3 is 20.7 Å². The highest BCUT2D eigenvalue weighted by molar-refractivity contribution is 5.94. The molecular formula is C23H27F3N4O2. The van der Waals surface area contributed by atoms with Gasteiger partial charge in [-0.05, 0) is 42.3 Å². The van der Waals surface area contributed by atoms with Gasteiger partial charge in [-0.25, -0.2) is 5.43 Å². The smallest absolute Gasteiger partial charge is 0.387 e. The number of aliphatic hydroxyl groups excluding tert-OH is 1. The minimum Gasteiger partial charge on any atom is -0.387 e. The van der Waals surface area contributed by atoms with Gasteiger partial charge in [0.05, 0.1) is 12.1 Å². The van der Waals surface area contributed by atoms with E-state index in [0.29, 0.717) is 18.7 Å². The van der Waals surface area contributed by atoms with E-state index in [1.165, 1.54) is 4.90 Å². The molecule has 9 heteroatoms. The Morgan fingerprint density at radius 1 is 1.16 bits per heavy atom. The second-order valence-corrected chi connectivity index (χ2v) is 7.72. The summed E-state index contributed by atoms with van der Waals surface area (Å²) in [6.45, 7) is 1.21. The summed E-state index contributed by atoms with van der Waals surface area (Å²) in [5, 5.41) is 13.4. The molecule has 6 nitrogen and oxygen atoms in total. The Bertz CT molecular complexity index is 917. The summed E-state index contributed by atoms with van der Waals surface area (Å²) in [6, 6.07) is 15.9. The van der Waals surface area contributed by atoms with Gasteiger partial charge in [0.25, 0.3) is 5.91 Å². The predicted molar refractivity (Wildman–Crippen MR) is 116 cm³/mol. The van der Waals surface area contributed by atoms with Crippen LogP contribution in [-0.4, -0.2) is 54.8 Å². The number of alkyl halides is 3.